The van der Waals surface area contributed by atoms with Gasteiger partial charge in [-0.2, -0.15) is 4.31 Å². The molecule has 0 aliphatic carbocycles. The van der Waals surface area contributed by atoms with Gasteiger partial charge in [0.1, 0.15) is 10.0 Å². The van der Waals surface area contributed by atoms with Gasteiger partial charge >= 0.3 is 0 Å². The van der Waals surface area contributed by atoms with Crippen molar-refractivity contribution >= 4 is 48.9 Å². The molecule has 0 aromatic carbocycles. The van der Waals surface area contributed by atoms with Crippen molar-refractivity contribution in [1.82, 2.24) is 9.29 Å². The first-order valence-electron chi connectivity index (χ1n) is 5.66. The molecule has 4 nitrogen and oxygen atoms in total. The number of halogens is 2. The fraction of sp³-hybridized carbons (Fsp3) is 0.250. The Bertz CT molecular complexity index is 704. The minimum Gasteiger partial charge on any atom is -0.242 e. The van der Waals surface area contributed by atoms with Crippen molar-refractivity contribution in [1.29, 1.82) is 0 Å². The zero-order valence-electron chi connectivity index (χ0n) is 10.7. The normalized spacial score (nSPS) is 13.7. The highest BCUT2D eigenvalue weighted by Gasteiger charge is 2.29. The van der Waals surface area contributed by atoms with Crippen LogP contribution in [0.25, 0.3) is 0 Å². The zero-order valence-corrected chi connectivity index (χ0v) is 14.7. The summed E-state index contributed by atoms with van der Waals surface area (Å²) in [6, 6.07) is 4.99. The van der Waals surface area contributed by atoms with Gasteiger partial charge in [0.15, 0.2) is 0 Å². The monoisotopic (exact) mass is 394 g/mol. The van der Waals surface area contributed by atoms with Crippen LogP contribution >= 0.6 is 38.9 Å². The van der Waals surface area contributed by atoms with Crippen LogP contribution in [-0.2, 0) is 10.0 Å². The Balaban J connectivity index is 2.42. The van der Waals surface area contributed by atoms with Crippen LogP contribution < -0.4 is 0 Å². The molecule has 2 heterocycles. The highest BCUT2D eigenvalue weighted by atomic mass is 79.9. The summed E-state index contributed by atoms with van der Waals surface area (Å²) < 4.78 is 27.1. The molecule has 0 amide bonds. The molecule has 0 aliphatic rings. The van der Waals surface area contributed by atoms with Gasteiger partial charge in [0.2, 0.25) is 10.0 Å². The molecule has 8 heteroatoms. The van der Waals surface area contributed by atoms with Gasteiger partial charge in [-0.25, -0.2) is 13.4 Å². The van der Waals surface area contributed by atoms with E-state index in [1.54, 1.807) is 0 Å². The van der Waals surface area contributed by atoms with Gasteiger partial charge in [-0.05, 0) is 40.4 Å². The van der Waals surface area contributed by atoms with Crippen LogP contribution in [0.15, 0.2) is 39.1 Å². The van der Waals surface area contributed by atoms with Gasteiger partial charge in [0, 0.05) is 22.6 Å². The van der Waals surface area contributed by atoms with E-state index in [2.05, 4.69) is 20.9 Å². The van der Waals surface area contributed by atoms with Gasteiger partial charge in [0.25, 0.3) is 0 Å². The number of rotatable bonds is 4. The molecular formula is C12H12BrClN2O2S2. The van der Waals surface area contributed by atoms with Crippen molar-refractivity contribution in [3.05, 3.63) is 44.3 Å². The number of hydrogen-bond acceptors (Lipinski definition) is 4. The molecule has 0 aliphatic heterocycles. The molecule has 0 fully saturated rings. The van der Waals surface area contributed by atoms with Gasteiger partial charge in [0.05, 0.1) is 6.04 Å². The Morgan fingerprint density at radius 2 is 2.20 bits per heavy atom. The maximum absolute atomic E-state index is 12.6. The third-order valence-electron chi connectivity index (χ3n) is 2.93. The summed E-state index contributed by atoms with van der Waals surface area (Å²) in [5, 5.41) is 1.89. The van der Waals surface area contributed by atoms with E-state index in [0.29, 0.717) is 4.47 Å². The second-order valence-corrected chi connectivity index (χ2v) is 8.37. The molecule has 0 saturated carbocycles. The van der Waals surface area contributed by atoms with Gasteiger partial charge in [-0.3, -0.25) is 0 Å². The zero-order chi connectivity index (χ0) is 14.9. The van der Waals surface area contributed by atoms with Crippen molar-refractivity contribution in [2.45, 2.75) is 17.9 Å². The molecule has 0 radical (unpaired) electrons. The van der Waals surface area contributed by atoms with Crippen molar-refractivity contribution < 1.29 is 8.42 Å². The van der Waals surface area contributed by atoms with Crippen LogP contribution in [0.3, 0.4) is 0 Å². The maximum atomic E-state index is 12.6. The second-order valence-electron chi connectivity index (χ2n) is 4.16. The second kappa shape index (κ2) is 6.11. The molecule has 0 spiro atoms. The summed E-state index contributed by atoms with van der Waals surface area (Å²) in [5.41, 5.74) is 0. The van der Waals surface area contributed by atoms with E-state index in [9.17, 15) is 8.42 Å². The average Bonchev–Trinajstić information content (AvgIpc) is 2.93. The number of aromatic nitrogens is 1. The minimum absolute atomic E-state index is 0.000511. The van der Waals surface area contributed by atoms with E-state index in [1.165, 1.54) is 35.0 Å². The van der Waals surface area contributed by atoms with Crippen LogP contribution in [-0.4, -0.2) is 24.8 Å². The van der Waals surface area contributed by atoms with E-state index in [-0.39, 0.29) is 16.1 Å². The summed E-state index contributed by atoms with van der Waals surface area (Å²) in [7, 11) is -2.16. The van der Waals surface area contributed by atoms with E-state index in [1.807, 2.05) is 24.4 Å². The summed E-state index contributed by atoms with van der Waals surface area (Å²) in [4.78, 5) is 4.83. The highest BCUT2D eigenvalue weighted by molar-refractivity contribution is 9.10. The van der Waals surface area contributed by atoms with Gasteiger partial charge in [-0.1, -0.05) is 17.7 Å². The molecule has 1 unspecified atom stereocenters. The Kier molecular flexibility index (Phi) is 4.86. The maximum Gasteiger partial charge on any atom is 0.246 e. The number of hydrogen-bond donors (Lipinski definition) is 0. The van der Waals surface area contributed by atoms with E-state index >= 15 is 0 Å². The Morgan fingerprint density at radius 1 is 1.50 bits per heavy atom. The van der Waals surface area contributed by atoms with Crippen LogP contribution in [0.2, 0.25) is 5.15 Å². The molecule has 20 heavy (non-hydrogen) atoms. The van der Waals surface area contributed by atoms with E-state index in [4.69, 9.17) is 11.6 Å². The van der Waals surface area contributed by atoms with Gasteiger partial charge < -0.3 is 0 Å². The Morgan fingerprint density at radius 3 is 2.80 bits per heavy atom. The first-order chi connectivity index (χ1) is 9.34. The fourth-order valence-corrected chi connectivity index (χ4v) is 4.81. The molecule has 2 aromatic heterocycles. The number of thiophene rings is 1. The predicted octanol–water partition coefficient (Wildman–Crippen LogP) is 3.94. The Hall–Kier alpha value is -0.470. The van der Waals surface area contributed by atoms with Crippen molar-refractivity contribution in [2.24, 2.45) is 0 Å². The topological polar surface area (TPSA) is 50.3 Å². The molecule has 0 N–H and O–H groups in total. The average molecular weight is 396 g/mol. The van der Waals surface area contributed by atoms with Crippen molar-refractivity contribution in [3.63, 3.8) is 0 Å². The van der Waals surface area contributed by atoms with Gasteiger partial charge in [-0.15, -0.1) is 11.3 Å². The minimum atomic E-state index is -3.70. The number of pyridine rings is 1. The van der Waals surface area contributed by atoms with E-state index in [0.717, 1.165) is 4.88 Å². The number of sulfonamides is 1. The van der Waals surface area contributed by atoms with E-state index < -0.39 is 10.0 Å². The van der Waals surface area contributed by atoms with Crippen molar-refractivity contribution in [2.75, 3.05) is 7.05 Å². The largest absolute Gasteiger partial charge is 0.246 e. The summed E-state index contributed by atoms with van der Waals surface area (Å²) in [6.07, 6.45) is 1.46. The van der Waals surface area contributed by atoms with Crippen LogP contribution in [0.4, 0.5) is 0 Å². The SMILES string of the molecule is CC(c1cccs1)N(C)S(=O)(=O)c1cc(Br)cnc1Cl. The molecule has 2 aromatic rings. The lowest BCUT2D eigenvalue weighted by molar-refractivity contribution is 0.402. The molecule has 108 valence electrons. The smallest absolute Gasteiger partial charge is 0.242 e. The Labute approximate surface area is 135 Å². The predicted molar refractivity (Wildman–Crippen MR) is 84.6 cm³/mol. The lowest BCUT2D eigenvalue weighted by Gasteiger charge is -2.23. The lowest BCUT2D eigenvalue weighted by Crippen LogP contribution is -2.29. The third kappa shape index (κ3) is 3.07. The molecule has 0 bridgehead atoms. The summed E-state index contributed by atoms with van der Waals surface area (Å²) in [6.45, 7) is 1.84. The standard InChI is InChI=1S/C12H12BrClN2O2S2/c1-8(10-4-3-5-19-10)16(2)20(17,18)11-6-9(13)7-15-12(11)14/h3-8H,1-2H3. The lowest BCUT2D eigenvalue weighted by atomic mass is 10.3. The summed E-state index contributed by atoms with van der Waals surface area (Å²) in [5.74, 6) is 0. The molecule has 2 rings (SSSR count). The molecule has 1 atom stereocenters. The highest BCUT2D eigenvalue weighted by Crippen LogP contribution is 2.31. The summed E-state index contributed by atoms with van der Waals surface area (Å²) >= 11 is 10.6. The quantitative estimate of drug-likeness (QED) is 0.737. The fourth-order valence-electron chi connectivity index (χ4n) is 1.66. The first-order valence-corrected chi connectivity index (χ1v) is 9.15. The van der Waals surface area contributed by atoms with Crippen LogP contribution in [0.5, 0.6) is 0 Å². The number of nitrogens with zero attached hydrogens (tertiary/aromatic N) is 2. The van der Waals surface area contributed by atoms with Crippen LogP contribution in [0.1, 0.15) is 17.8 Å². The third-order valence-corrected chi connectivity index (χ3v) is 6.76. The molecular weight excluding hydrogens is 384 g/mol. The molecule has 0 saturated heterocycles. The first kappa shape index (κ1) is 15.9. The van der Waals surface area contributed by atoms with Crippen molar-refractivity contribution in [3.8, 4) is 0 Å². The van der Waals surface area contributed by atoms with Crippen LogP contribution in [0, 0.1) is 0 Å².